The molecule has 15 heavy (non-hydrogen) atoms. The van der Waals surface area contributed by atoms with E-state index in [1.807, 2.05) is 0 Å². The lowest BCUT2D eigenvalue weighted by molar-refractivity contribution is 0.188. The summed E-state index contributed by atoms with van der Waals surface area (Å²) in [7, 11) is -1.63. The topological polar surface area (TPSA) is 41.5 Å². The summed E-state index contributed by atoms with van der Waals surface area (Å²) in [6.07, 6.45) is 1.24. The Morgan fingerprint density at radius 2 is 2.00 bits per heavy atom. The maximum atomic E-state index is 9.04. The minimum Gasteiger partial charge on any atom is -0.413 e. The average Bonchev–Trinajstić information content (AvgIpc) is 2.49. The maximum absolute atomic E-state index is 9.04. The Bertz CT molecular complexity index is 213. The lowest BCUT2D eigenvalue weighted by Gasteiger charge is -2.38. The molecule has 0 aromatic rings. The van der Waals surface area contributed by atoms with Gasteiger partial charge in [-0.05, 0) is 24.6 Å². The minimum atomic E-state index is -1.63. The third-order valence-corrected chi connectivity index (χ3v) is 8.20. The van der Waals surface area contributed by atoms with Crippen LogP contribution in [-0.4, -0.2) is 38.7 Å². The van der Waals surface area contributed by atoms with Gasteiger partial charge in [0.2, 0.25) is 0 Å². The van der Waals surface area contributed by atoms with Gasteiger partial charge in [-0.25, -0.2) is 0 Å². The molecule has 0 aromatic carbocycles. The maximum Gasteiger partial charge on any atom is 0.192 e. The Morgan fingerprint density at radius 3 is 2.40 bits per heavy atom. The van der Waals surface area contributed by atoms with Crippen LogP contribution in [0.15, 0.2) is 0 Å². The highest BCUT2D eigenvalue weighted by atomic mass is 28.4. The number of hydrogen-bond donors (Lipinski definition) is 2. The second kappa shape index (κ2) is 4.53. The van der Waals surface area contributed by atoms with Crippen LogP contribution in [-0.2, 0) is 4.43 Å². The minimum absolute atomic E-state index is 0.220. The van der Waals surface area contributed by atoms with Crippen LogP contribution in [0.1, 0.15) is 27.2 Å². The molecule has 2 atom stereocenters. The van der Waals surface area contributed by atoms with Crippen LogP contribution in [0.5, 0.6) is 0 Å². The van der Waals surface area contributed by atoms with Gasteiger partial charge >= 0.3 is 0 Å². The fourth-order valence-corrected chi connectivity index (χ4v) is 2.97. The largest absolute Gasteiger partial charge is 0.413 e. The van der Waals surface area contributed by atoms with Gasteiger partial charge in [0, 0.05) is 12.6 Å². The number of aliphatic hydroxyl groups excluding tert-OH is 1. The van der Waals surface area contributed by atoms with Gasteiger partial charge in [-0.15, -0.1) is 0 Å². The fourth-order valence-electron chi connectivity index (χ4n) is 1.60. The molecule has 3 nitrogen and oxygen atoms in total. The summed E-state index contributed by atoms with van der Waals surface area (Å²) in [6, 6.07) is 0.236. The first-order chi connectivity index (χ1) is 6.76. The second-order valence-electron chi connectivity index (χ2n) is 6.02. The fraction of sp³-hybridized carbons (Fsp3) is 1.00. The molecule has 4 heteroatoms. The van der Waals surface area contributed by atoms with Gasteiger partial charge in [-0.3, -0.25) is 0 Å². The van der Waals surface area contributed by atoms with E-state index < -0.39 is 8.32 Å². The summed E-state index contributed by atoms with van der Waals surface area (Å²) in [5.41, 5.74) is 0. The van der Waals surface area contributed by atoms with E-state index in [9.17, 15) is 0 Å². The number of nitrogens with one attached hydrogen (secondary N) is 1. The van der Waals surface area contributed by atoms with E-state index in [0.29, 0.717) is 6.10 Å². The Labute approximate surface area is 94.3 Å². The van der Waals surface area contributed by atoms with Gasteiger partial charge < -0.3 is 14.8 Å². The molecule has 1 fully saturated rings. The summed E-state index contributed by atoms with van der Waals surface area (Å²) in [5.74, 6) is 0. The first-order valence-corrected chi connectivity index (χ1v) is 8.69. The molecule has 0 radical (unpaired) electrons. The molecule has 1 aliphatic heterocycles. The van der Waals surface area contributed by atoms with Gasteiger partial charge in [0.05, 0.1) is 12.7 Å². The predicted octanol–water partition coefficient (Wildman–Crippen LogP) is 1.73. The molecule has 0 aliphatic carbocycles. The predicted molar refractivity (Wildman–Crippen MR) is 65.6 cm³/mol. The zero-order chi connectivity index (χ0) is 11.7. The van der Waals surface area contributed by atoms with Crippen molar-refractivity contribution in [1.29, 1.82) is 0 Å². The number of rotatable bonds is 3. The van der Waals surface area contributed by atoms with Crippen molar-refractivity contribution in [2.45, 2.75) is 57.5 Å². The van der Waals surface area contributed by atoms with Gasteiger partial charge in [0.1, 0.15) is 0 Å². The van der Waals surface area contributed by atoms with Crippen LogP contribution < -0.4 is 5.32 Å². The Morgan fingerprint density at radius 1 is 1.40 bits per heavy atom. The van der Waals surface area contributed by atoms with Crippen molar-refractivity contribution in [3.05, 3.63) is 0 Å². The number of aliphatic hydroxyl groups is 1. The van der Waals surface area contributed by atoms with Crippen LogP contribution in [0.4, 0.5) is 0 Å². The molecule has 0 saturated carbocycles. The van der Waals surface area contributed by atoms with Crippen LogP contribution in [0.3, 0.4) is 0 Å². The van der Waals surface area contributed by atoms with Gasteiger partial charge in [-0.2, -0.15) is 0 Å². The zero-order valence-corrected chi connectivity index (χ0v) is 11.6. The summed E-state index contributed by atoms with van der Waals surface area (Å²) in [5, 5.41) is 12.6. The molecule has 1 saturated heterocycles. The summed E-state index contributed by atoms with van der Waals surface area (Å²) < 4.78 is 6.26. The molecule has 0 bridgehead atoms. The highest BCUT2D eigenvalue weighted by Crippen LogP contribution is 2.38. The van der Waals surface area contributed by atoms with Crippen molar-refractivity contribution >= 4 is 8.32 Å². The lowest BCUT2D eigenvalue weighted by atomic mass is 10.2. The second-order valence-corrected chi connectivity index (χ2v) is 10.8. The quantitative estimate of drug-likeness (QED) is 0.727. The SMILES string of the molecule is CC(C)(C)[Si](C)(C)O[C@@H]1CN[C@H](CO)C1. The summed E-state index contributed by atoms with van der Waals surface area (Å²) in [4.78, 5) is 0. The molecule has 2 N–H and O–H groups in total. The smallest absolute Gasteiger partial charge is 0.192 e. The van der Waals surface area contributed by atoms with Crippen LogP contribution in [0.2, 0.25) is 18.1 Å². The molecule has 0 unspecified atom stereocenters. The normalized spacial score (nSPS) is 28.4. The van der Waals surface area contributed by atoms with Gasteiger partial charge in [0.15, 0.2) is 8.32 Å². The van der Waals surface area contributed by atoms with E-state index >= 15 is 0 Å². The first-order valence-electron chi connectivity index (χ1n) is 5.78. The van der Waals surface area contributed by atoms with Crippen molar-refractivity contribution in [1.82, 2.24) is 5.32 Å². The van der Waals surface area contributed by atoms with E-state index in [0.717, 1.165) is 13.0 Å². The first kappa shape index (κ1) is 13.2. The van der Waals surface area contributed by atoms with Crippen molar-refractivity contribution < 1.29 is 9.53 Å². The molecular formula is C11H25NO2Si. The molecule has 1 aliphatic rings. The molecule has 0 aromatic heterocycles. The van der Waals surface area contributed by atoms with Crippen LogP contribution in [0, 0.1) is 0 Å². The molecule has 0 spiro atoms. The Hall–Kier alpha value is 0.0969. The lowest BCUT2D eigenvalue weighted by Crippen LogP contribution is -2.44. The average molecular weight is 231 g/mol. The number of hydrogen-bond acceptors (Lipinski definition) is 3. The molecule has 1 rings (SSSR count). The third-order valence-electron chi connectivity index (χ3n) is 3.67. The highest BCUT2D eigenvalue weighted by molar-refractivity contribution is 6.74. The van der Waals surface area contributed by atoms with Crippen molar-refractivity contribution in [3.63, 3.8) is 0 Å². The molecule has 90 valence electrons. The standard InChI is InChI=1S/C11H25NO2Si/c1-11(2,3)15(4,5)14-10-6-9(8-13)12-7-10/h9-10,12-13H,6-8H2,1-5H3/t9-,10-/m0/s1. The van der Waals surface area contributed by atoms with E-state index in [4.69, 9.17) is 9.53 Å². The van der Waals surface area contributed by atoms with Crippen molar-refractivity contribution in [2.24, 2.45) is 0 Å². The molecule has 0 amide bonds. The molecule has 1 heterocycles. The Kier molecular flexibility index (Phi) is 3.98. The van der Waals surface area contributed by atoms with E-state index in [-0.39, 0.29) is 17.7 Å². The Balaban J connectivity index is 2.49. The van der Waals surface area contributed by atoms with Gasteiger partial charge in [0.25, 0.3) is 0 Å². The monoisotopic (exact) mass is 231 g/mol. The molecular weight excluding hydrogens is 206 g/mol. The zero-order valence-electron chi connectivity index (χ0n) is 10.6. The van der Waals surface area contributed by atoms with Crippen LogP contribution >= 0.6 is 0 Å². The van der Waals surface area contributed by atoms with Crippen LogP contribution in [0.25, 0.3) is 0 Å². The summed E-state index contributed by atoms with van der Waals surface area (Å²) in [6.45, 7) is 12.4. The van der Waals surface area contributed by atoms with E-state index in [2.05, 4.69) is 39.2 Å². The van der Waals surface area contributed by atoms with Crippen molar-refractivity contribution in [2.75, 3.05) is 13.2 Å². The third kappa shape index (κ3) is 3.28. The van der Waals surface area contributed by atoms with E-state index in [1.54, 1.807) is 0 Å². The van der Waals surface area contributed by atoms with Gasteiger partial charge in [-0.1, -0.05) is 20.8 Å². The summed E-state index contributed by atoms with van der Waals surface area (Å²) >= 11 is 0. The van der Waals surface area contributed by atoms with E-state index in [1.165, 1.54) is 0 Å². The highest BCUT2D eigenvalue weighted by Gasteiger charge is 2.40. The van der Waals surface area contributed by atoms with Crippen molar-refractivity contribution in [3.8, 4) is 0 Å².